The summed E-state index contributed by atoms with van der Waals surface area (Å²) in [6.07, 6.45) is 15.2. The number of carboxylic acids is 1. The lowest BCUT2D eigenvalue weighted by Gasteiger charge is -2.72. The SMILES string of the molecule is C=C(C)[C@@H]1CC[C@]2(CNCCCC(=O)N3CCS(O)(O)CC3)CC[C@]3(C)[C@H](CC[C@@H]4[C@@]5(C)CC=C(c6ccc(C(=O)O)cc6)C(C)(C)[C@@H]5CC[C@]43C)[C@@H]12. The van der Waals surface area contributed by atoms with E-state index >= 15 is 0 Å². The Morgan fingerprint density at radius 3 is 2.26 bits per heavy atom. The molecular weight excluding hydrogens is 681 g/mol. The standard InChI is InChI=1S/C45H68N2O5S/c1-30(2)33-16-21-45(29-46-24-8-9-38(48)47-25-27-53(51,52)28-26-47)23-22-43(6)35(39(33)45)14-15-37-42(5)19-17-34(31-10-12-32(13-11-31)40(49)50)41(3,4)36(42)18-20-44(37,43)7/h10-13,17,33,35-37,39,46,51-52H,1,8-9,14-16,18-29H2,2-7H3,(H,49,50)/t33-,35+,36-,37+,39+,42-,43+,44+,45+/m0/s1. The van der Waals surface area contributed by atoms with Gasteiger partial charge in [0.15, 0.2) is 0 Å². The summed E-state index contributed by atoms with van der Waals surface area (Å²) in [5.74, 6) is 3.05. The molecule has 6 aliphatic rings. The summed E-state index contributed by atoms with van der Waals surface area (Å²) in [4.78, 5) is 26.3. The number of hydrogen-bond donors (Lipinski definition) is 4. The van der Waals surface area contributed by atoms with Gasteiger partial charge in [-0.2, -0.15) is 10.6 Å². The molecule has 0 aromatic heterocycles. The fourth-order valence-electron chi connectivity index (χ4n) is 14.3. The summed E-state index contributed by atoms with van der Waals surface area (Å²) < 4.78 is 19.9. The number of allylic oxidation sites excluding steroid dienone is 3. The molecule has 1 heterocycles. The molecule has 1 aliphatic heterocycles. The van der Waals surface area contributed by atoms with E-state index < -0.39 is 16.6 Å². The predicted molar refractivity (Wildman–Crippen MR) is 217 cm³/mol. The maximum absolute atomic E-state index is 12.9. The molecule has 5 aliphatic carbocycles. The van der Waals surface area contributed by atoms with Crippen molar-refractivity contribution < 1.29 is 23.8 Å². The van der Waals surface area contributed by atoms with Crippen LogP contribution in [0.4, 0.5) is 0 Å². The smallest absolute Gasteiger partial charge is 0.335 e. The van der Waals surface area contributed by atoms with Crippen LogP contribution in [0.5, 0.6) is 0 Å². The van der Waals surface area contributed by atoms with Gasteiger partial charge in [0.2, 0.25) is 5.91 Å². The molecule has 0 spiro atoms. The molecule has 0 radical (unpaired) electrons. The summed E-state index contributed by atoms with van der Waals surface area (Å²) in [5, 5.41) is 13.4. The van der Waals surface area contributed by atoms with Crippen LogP contribution in [0.25, 0.3) is 5.57 Å². The lowest BCUT2D eigenvalue weighted by molar-refractivity contribution is -0.225. The van der Waals surface area contributed by atoms with Gasteiger partial charge in [0, 0.05) is 26.1 Å². The minimum Gasteiger partial charge on any atom is -0.478 e. The first-order chi connectivity index (χ1) is 24.9. The Kier molecular flexibility index (Phi) is 10.2. The molecule has 1 aromatic carbocycles. The van der Waals surface area contributed by atoms with E-state index in [2.05, 4.69) is 59.5 Å². The molecule has 4 N–H and O–H groups in total. The molecule has 53 heavy (non-hydrogen) atoms. The first-order valence-corrected chi connectivity index (χ1v) is 22.7. The number of nitrogens with zero attached hydrogens (tertiary/aromatic N) is 1. The van der Waals surface area contributed by atoms with E-state index in [1.54, 1.807) is 12.1 Å². The van der Waals surface area contributed by atoms with Crippen molar-refractivity contribution in [2.75, 3.05) is 37.7 Å². The fraction of sp³-hybridized carbons (Fsp3) is 0.733. The maximum atomic E-state index is 12.9. The summed E-state index contributed by atoms with van der Waals surface area (Å²) in [7, 11) is -2.49. The fourth-order valence-corrected chi connectivity index (χ4v) is 15.5. The van der Waals surface area contributed by atoms with Crippen LogP contribution in [-0.2, 0) is 4.79 Å². The molecule has 8 heteroatoms. The van der Waals surface area contributed by atoms with E-state index in [1.807, 2.05) is 17.0 Å². The van der Waals surface area contributed by atoms with Crippen LogP contribution in [0, 0.1) is 56.7 Å². The molecule has 7 nitrogen and oxygen atoms in total. The highest BCUT2D eigenvalue weighted by molar-refractivity contribution is 8.24. The van der Waals surface area contributed by atoms with E-state index in [-0.39, 0.29) is 33.0 Å². The average molecular weight is 749 g/mol. The Hall–Kier alpha value is -2.13. The molecule has 5 fully saturated rings. The van der Waals surface area contributed by atoms with Crippen molar-refractivity contribution in [3.05, 3.63) is 53.6 Å². The monoisotopic (exact) mass is 748 g/mol. The van der Waals surface area contributed by atoms with E-state index in [9.17, 15) is 23.8 Å². The Morgan fingerprint density at radius 2 is 1.60 bits per heavy atom. The zero-order valence-electron chi connectivity index (χ0n) is 33.5. The second-order valence-electron chi connectivity index (χ2n) is 19.8. The van der Waals surface area contributed by atoms with Gasteiger partial charge in [-0.3, -0.25) is 13.9 Å². The summed E-state index contributed by atoms with van der Waals surface area (Å²) in [6, 6.07) is 7.58. The molecular formula is C45H68N2O5S. The molecule has 1 amide bonds. The van der Waals surface area contributed by atoms with Crippen molar-refractivity contribution in [3.63, 3.8) is 0 Å². The van der Waals surface area contributed by atoms with Gasteiger partial charge in [0.1, 0.15) is 0 Å². The lowest BCUT2D eigenvalue weighted by atomic mass is 9.32. The number of hydrogen-bond acceptors (Lipinski definition) is 5. The van der Waals surface area contributed by atoms with Gasteiger partial charge in [0.25, 0.3) is 0 Å². The Balaban J connectivity index is 1.07. The van der Waals surface area contributed by atoms with E-state index in [0.717, 1.165) is 25.9 Å². The van der Waals surface area contributed by atoms with Crippen molar-refractivity contribution >= 4 is 28.0 Å². The largest absolute Gasteiger partial charge is 0.478 e. The summed E-state index contributed by atoms with van der Waals surface area (Å²) >= 11 is 0. The van der Waals surface area contributed by atoms with E-state index in [4.69, 9.17) is 0 Å². The molecule has 1 aromatic rings. The summed E-state index contributed by atoms with van der Waals surface area (Å²) in [6.45, 7) is 22.7. The Morgan fingerprint density at radius 1 is 0.906 bits per heavy atom. The third kappa shape index (κ3) is 6.38. The van der Waals surface area contributed by atoms with Gasteiger partial charge < -0.3 is 15.3 Å². The van der Waals surface area contributed by atoms with Crippen LogP contribution >= 0.6 is 10.6 Å². The molecule has 9 atom stereocenters. The summed E-state index contributed by atoms with van der Waals surface area (Å²) in [5.41, 5.74) is 5.34. The maximum Gasteiger partial charge on any atom is 0.335 e. The molecule has 7 rings (SSSR count). The minimum absolute atomic E-state index is 0.00475. The lowest BCUT2D eigenvalue weighted by Crippen LogP contribution is -2.65. The number of amides is 1. The second kappa shape index (κ2) is 13.8. The normalized spacial score (nSPS) is 40.5. The zero-order valence-corrected chi connectivity index (χ0v) is 34.3. The molecule has 4 saturated carbocycles. The number of rotatable bonds is 9. The van der Waals surface area contributed by atoms with Crippen molar-refractivity contribution in [3.8, 4) is 0 Å². The van der Waals surface area contributed by atoms with Crippen molar-refractivity contribution in [1.82, 2.24) is 10.2 Å². The van der Waals surface area contributed by atoms with Gasteiger partial charge in [-0.15, -0.1) is 0 Å². The number of nitrogens with one attached hydrogen (secondary N) is 1. The van der Waals surface area contributed by atoms with Crippen LogP contribution < -0.4 is 5.32 Å². The van der Waals surface area contributed by atoms with Gasteiger partial charge in [-0.05, 0) is 158 Å². The van der Waals surface area contributed by atoms with E-state index in [1.165, 1.54) is 68.1 Å². The van der Waals surface area contributed by atoms with Gasteiger partial charge in [-0.25, -0.2) is 4.79 Å². The first kappa shape index (κ1) is 39.1. The molecule has 294 valence electrons. The van der Waals surface area contributed by atoms with Crippen LogP contribution in [0.1, 0.15) is 128 Å². The van der Waals surface area contributed by atoms with Crippen LogP contribution in [-0.4, -0.2) is 68.7 Å². The highest BCUT2D eigenvalue weighted by Gasteiger charge is 2.70. The average Bonchev–Trinajstić information content (AvgIpc) is 3.48. The zero-order chi connectivity index (χ0) is 38.2. The predicted octanol–water partition coefficient (Wildman–Crippen LogP) is 10.00. The molecule has 1 saturated heterocycles. The van der Waals surface area contributed by atoms with Crippen molar-refractivity contribution in [2.24, 2.45) is 56.7 Å². The number of aromatic carboxylic acids is 1. The Bertz CT molecular complexity index is 1630. The number of carbonyl (C=O) groups is 2. The van der Waals surface area contributed by atoms with Crippen LogP contribution in [0.3, 0.4) is 0 Å². The Labute approximate surface area is 321 Å². The topological polar surface area (TPSA) is 110 Å². The number of benzene rings is 1. The van der Waals surface area contributed by atoms with Crippen LogP contribution in [0.2, 0.25) is 0 Å². The quantitative estimate of drug-likeness (QED) is 0.148. The number of fused-ring (bicyclic) bond motifs is 7. The van der Waals surface area contributed by atoms with E-state index in [0.29, 0.717) is 66.2 Å². The third-order valence-electron chi connectivity index (χ3n) is 17.2. The van der Waals surface area contributed by atoms with Crippen molar-refractivity contribution in [2.45, 2.75) is 112 Å². The van der Waals surface area contributed by atoms with Gasteiger partial charge >= 0.3 is 5.97 Å². The highest BCUT2D eigenvalue weighted by atomic mass is 32.3. The van der Waals surface area contributed by atoms with Gasteiger partial charge in [0.05, 0.1) is 17.1 Å². The van der Waals surface area contributed by atoms with Crippen molar-refractivity contribution in [1.29, 1.82) is 0 Å². The minimum atomic E-state index is -2.49. The first-order valence-electron chi connectivity index (χ1n) is 20.8. The third-order valence-corrected chi connectivity index (χ3v) is 18.9. The molecule has 0 unspecified atom stereocenters. The van der Waals surface area contributed by atoms with Crippen LogP contribution in [0.15, 0.2) is 42.5 Å². The number of carboxylic acid groups (broad SMARTS) is 1. The second-order valence-corrected chi connectivity index (χ2v) is 22.3. The highest BCUT2D eigenvalue weighted by Crippen LogP contribution is 2.77. The van der Waals surface area contributed by atoms with Gasteiger partial charge in [-0.1, -0.05) is 65.0 Å². The number of carbonyl (C=O) groups excluding carboxylic acids is 1. The molecule has 0 bridgehead atoms.